The second-order valence-electron chi connectivity index (χ2n) is 5.15. The number of rotatable bonds is 5. The van der Waals surface area contributed by atoms with Gasteiger partial charge in [0.1, 0.15) is 15.7 Å². The highest BCUT2D eigenvalue weighted by Gasteiger charge is 2.11. The van der Waals surface area contributed by atoms with Gasteiger partial charge in [-0.15, -0.1) is 23.1 Å². The molecule has 1 aromatic carbocycles. The third kappa shape index (κ3) is 3.54. The van der Waals surface area contributed by atoms with E-state index in [1.807, 2.05) is 19.1 Å². The fourth-order valence-corrected chi connectivity index (χ4v) is 4.31. The molecule has 0 bridgehead atoms. The summed E-state index contributed by atoms with van der Waals surface area (Å²) in [5.74, 6) is 0.636. The van der Waals surface area contributed by atoms with E-state index in [0.717, 1.165) is 38.8 Å². The van der Waals surface area contributed by atoms with Crippen LogP contribution in [0.4, 0.5) is 0 Å². The number of carbonyl (C=O) groups is 1. The molecular formula is C17H16N2O2S2. The van der Waals surface area contributed by atoms with Gasteiger partial charge in [0, 0.05) is 16.0 Å². The molecule has 0 spiro atoms. The molecular weight excluding hydrogens is 328 g/mol. The smallest absolute Gasteiger partial charge is 0.335 e. The molecule has 0 atom stereocenters. The number of fused-ring (bicyclic) bond motifs is 1. The van der Waals surface area contributed by atoms with Crippen molar-refractivity contribution in [1.29, 1.82) is 0 Å². The number of thioether (sulfide) groups is 1. The Morgan fingerprint density at radius 1 is 1.26 bits per heavy atom. The van der Waals surface area contributed by atoms with Crippen molar-refractivity contribution in [3.05, 3.63) is 52.2 Å². The summed E-state index contributed by atoms with van der Waals surface area (Å²) in [7, 11) is 0. The minimum absolute atomic E-state index is 0.310. The average Bonchev–Trinajstić information content (AvgIpc) is 2.96. The Morgan fingerprint density at radius 2 is 2.00 bits per heavy atom. The van der Waals surface area contributed by atoms with Gasteiger partial charge in [-0.1, -0.05) is 19.1 Å². The number of aromatic carboxylic acids is 1. The highest BCUT2D eigenvalue weighted by molar-refractivity contribution is 7.98. The van der Waals surface area contributed by atoms with Gasteiger partial charge < -0.3 is 5.11 Å². The summed E-state index contributed by atoms with van der Waals surface area (Å²) in [5.41, 5.74) is 1.39. The maximum atomic E-state index is 10.9. The first-order chi connectivity index (χ1) is 11.1. The lowest BCUT2D eigenvalue weighted by molar-refractivity contribution is 0.0697. The van der Waals surface area contributed by atoms with Crippen LogP contribution in [0, 0.1) is 6.92 Å². The van der Waals surface area contributed by atoms with Crippen molar-refractivity contribution >= 4 is 39.3 Å². The Labute approximate surface area is 142 Å². The maximum absolute atomic E-state index is 10.9. The molecule has 6 heteroatoms. The van der Waals surface area contributed by atoms with Crippen LogP contribution < -0.4 is 0 Å². The molecule has 3 aromatic rings. The van der Waals surface area contributed by atoms with E-state index in [-0.39, 0.29) is 0 Å². The average molecular weight is 344 g/mol. The molecule has 118 valence electrons. The van der Waals surface area contributed by atoms with Gasteiger partial charge in [-0.25, -0.2) is 14.8 Å². The van der Waals surface area contributed by atoms with Crippen molar-refractivity contribution in [2.45, 2.75) is 31.0 Å². The molecule has 4 nitrogen and oxygen atoms in total. The van der Waals surface area contributed by atoms with Crippen LogP contribution in [0.15, 0.2) is 35.4 Å². The van der Waals surface area contributed by atoms with Crippen LogP contribution in [0.2, 0.25) is 0 Å². The molecule has 0 saturated heterocycles. The number of carboxylic acids is 1. The lowest BCUT2D eigenvalue weighted by atomic mass is 10.1. The van der Waals surface area contributed by atoms with E-state index in [9.17, 15) is 4.79 Å². The predicted octanol–water partition coefficient (Wildman–Crippen LogP) is 4.55. The molecule has 3 rings (SSSR count). The van der Waals surface area contributed by atoms with Crippen molar-refractivity contribution in [3.63, 3.8) is 0 Å². The molecule has 0 unspecified atom stereocenters. The molecule has 0 saturated carbocycles. The number of thiophene rings is 1. The minimum atomic E-state index is -0.900. The van der Waals surface area contributed by atoms with Crippen LogP contribution in [0.25, 0.3) is 10.2 Å². The maximum Gasteiger partial charge on any atom is 0.335 e. The van der Waals surface area contributed by atoms with Crippen LogP contribution in [-0.2, 0) is 12.2 Å². The van der Waals surface area contributed by atoms with E-state index < -0.39 is 5.97 Å². The first-order valence-electron chi connectivity index (χ1n) is 7.29. The number of hydrogen-bond donors (Lipinski definition) is 1. The van der Waals surface area contributed by atoms with Gasteiger partial charge >= 0.3 is 5.97 Å². The summed E-state index contributed by atoms with van der Waals surface area (Å²) >= 11 is 3.39. The fraction of sp³-hybridized carbons (Fsp3) is 0.235. The van der Waals surface area contributed by atoms with Gasteiger partial charge in [0.2, 0.25) is 0 Å². The Bertz CT molecular complexity index is 857. The Balaban J connectivity index is 1.83. The minimum Gasteiger partial charge on any atom is -0.478 e. The van der Waals surface area contributed by atoms with Crippen LogP contribution in [0.1, 0.15) is 33.5 Å². The summed E-state index contributed by atoms with van der Waals surface area (Å²) in [6.45, 7) is 4.05. The van der Waals surface area contributed by atoms with Crippen molar-refractivity contribution in [3.8, 4) is 0 Å². The Morgan fingerprint density at radius 3 is 2.65 bits per heavy atom. The number of benzene rings is 1. The highest BCUT2D eigenvalue weighted by atomic mass is 32.2. The summed E-state index contributed by atoms with van der Waals surface area (Å²) in [4.78, 5) is 22.3. The van der Waals surface area contributed by atoms with Crippen LogP contribution >= 0.6 is 23.1 Å². The summed E-state index contributed by atoms with van der Waals surface area (Å²) in [6.07, 6.45) is 1.00. The van der Waals surface area contributed by atoms with E-state index in [1.165, 1.54) is 4.88 Å². The molecule has 0 radical (unpaired) electrons. The zero-order valence-electron chi connectivity index (χ0n) is 12.9. The molecule has 0 aliphatic carbocycles. The van der Waals surface area contributed by atoms with Gasteiger partial charge in [0.15, 0.2) is 0 Å². The SMILES string of the molecule is CCc1cc2c(SCc3ccc(C(=O)O)cc3)nc(C)nc2s1. The van der Waals surface area contributed by atoms with Crippen LogP contribution in [0.5, 0.6) is 0 Å². The summed E-state index contributed by atoms with van der Waals surface area (Å²) in [6, 6.07) is 9.16. The van der Waals surface area contributed by atoms with Gasteiger partial charge in [-0.3, -0.25) is 0 Å². The monoisotopic (exact) mass is 344 g/mol. The quantitative estimate of drug-likeness (QED) is 0.543. The molecule has 2 heterocycles. The first-order valence-corrected chi connectivity index (χ1v) is 9.09. The lowest BCUT2D eigenvalue weighted by Crippen LogP contribution is -1.95. The van der Waals surface area contributed by atoms with Crippen molar-refractivity contribution < 1.29 is 9.90 Å². The van der Waals surface area contributed by atoms with E-state index in [1.54, 1.807) is 35.2 Å². The van der Waals surface area contributed by atoms with E-state index in [4.69, 9.17) is 5.11 Å². The normalized spacial score (nSPS) is 11.0. The van der Waals surface area contributed by atoms with E-state index in [0.29, 0.717) is 5.56 Å². The molecule has 0 aliphatic heterocycles. The second-order valence-corrected chi connectivity index (χ2v) is 7.23. The largest absolute Gasteiger partial charge is 0.478 e. The highest BCUT2D eigenvalue weighted by Crippen LogP contribution is 2.33. The zero-order chi connectivity index (χ0) is 16.4. The number of carboxylic acid groups (broad SMARTS) is 1. The molecule has 0 aliphatic rings. The van der Waals surface area contributed by atoms with Crippen molar-refractivity contribution in [2.24, 2.45) is 0 Å². The Kier molecular flexibility index (Phi) is 4.63. The Hall–Kier alpha value is -1.92. The van der Waals surface area contributed by atoms with Gasteiger partial charge in [-0.2, -0.15) is 0 Å². The third-order valence-corrected chi connectivity index (χ3v) is 5.68. The molecule has 1 N–H and O–H groups in total. The van der Waals surface area contributed by atoms with Crippen LogP contribution in [-0.4, -0.2) is 21.0 Å². The van der Waals surface area contributed by atoms with Crippen molar-refractivity contribution in [1.82, 2.24) is 9.97 Å². The number of aryl methyl sites for hydroxylation is 2. The second kappa shape index (κ2) is 6.68. The number of hydrogen-bond acceptors (Lipinski definition) is 5. The van der Waals surface area contributed by atoms with Gasteiger partial charge in [0.05, 0.1) is 5.56 Å². The van der Waals surface area contributed by atoms with Crippen LogP contribution in [0.3, 0.4) is 0 Å². The number of nitrogens with zero attached hydrogens (tertiary/aromatic N) is 2. The van der Waals surface area contributed by atoms with E-state index in [2.05, 4.69) is 23.0 Å². The zero-order valence-corrected chi connectivity index (χ0v) is 14.5. The molecule has 0 amide bonds. The first kappa shape index (κ1) is 16.0. The lowest BCUT2D eigenvalue weighted by Gasteiger charge is -2.04. The van der Waals surface area contributed by atoms with Gasteiger partial charge in [-0.05, 0) is 37.1 Å². The third-order valence-electron chi connectivity index (χ3n) is 3.45. The molecule has 23 heavy (non-hydrogen) atoms. The molecule has 0 fully saturated rings. The van der Waals surface area contributed by atoms with Crippen molar-refractivity contribution in [2.75, 3.05) is 0 Å². The molecule has 2 aromatic heterocycles. The topological polar surface area (TPSA) is 63.1 Å². The summed E-state index contributed by atoms with van der Waals surface area (Å²) in [5, 5.41) is 11.0. The van der Waals surface area contributed by atoms with Gasteiger partial charge in [0.25, 0.3) is 0 Å². The number of aromatic nitrogens is 2. The van der Waals surface area contributed by atoms with E-state index >= 15 is 0 Å². The fourth-order valence-electron chi connectivity index (χ4n) is 2.23. The summed E-state index contributed by atoms with van der Waals surface area (Å²) < 4.78 is 0. The standard InChI is InChI=1S/C17H16N2O2S2/c1-3-13-8-14-15(18-10(2)19-16(14)23-13)22-9-11-4-6-12(7-5-11)17(20)21/h4-8H,3,9H2,1-2H3,(H,20,21). The predicted molar refractivity (Wildman–Crippen MR) is 94.5 cm³/mol.